The number of anilines is 2. The van der Waals surface area contributed by atoms with E-state index in [0.29, 0.717) is 15.7 Å². The van der Waals surface area contributed by atoms with Crippen molar-refractivity contribution in [1.82, 2.24) is 0 Å². The molecule has 2 N–H and O–H groups in total. The standard InChI is InChI=1S/C14H12BrFN2O/c1-17-12-5-3-2-4-10(12)14(19)18-13-7-6-9(15)8-11(13)16/h2-8,17H,1H3,(H,18,19). The quantitative estimate of drug-likeness (QED) is 0.900. The van der Waals surface area contributed by atoms with Crippen LogP contribution >= 0.6 is 15.9 Å². The number of halogens is 2. The molecular weight excluding hydrogens is 311 g/mol. The lowest BCUT2D eigenvalue weighted by Gasteiger charge is -2.10. The summed E-state index contributed by atoms with van der Waals surface area (Å²) in [4.78, 5) is 12.1. The van der Waals surface area contributed by atoms with Gasteiger partial charge in [-0.3, -0.25) is 4.79 Å². The minimum Gasteiger partial charge on any atom is -0.387 e. The first-order valence-corrected chi connectivity index (χ1v) is 6.44. The average Bonchev–Trinajstić information content (AvgIpc) is 2.41. The summed E-state index contributed by atoms with van der Waals surface area (Å²) in [5, 5.41) is 5.48. The largest absolute Gasteiger partial charge is 0.387 e. The summed E-state index contributed by atoms with van der Waals surface area (Å²) in [6.45, 7) is 0. The Morgan fingerprint density at radius 2 is 1.89 bits per heavy atom. The molecule has 98 valence electrons. The summed E-state index contributed by atoms with van der Waals surface area (Å²) in [6, 6.07) is 11.5. The molecular formula is C14H12BrFN2O. The Kier molecular flexibility index (Phi) is 4.16. The van der Waals surface area contributed by atoms with Gasteiger partial charge in [0.1, 0.15) is 5.82 Å². The Bertz CT molecular complexity index is 616. The summed E-state index contributed by atoms with van der Waals surface area (Å²) in [5.74, 6) is -0.837. The van der Waals surface area contributed by atoms with Gasteiger partial charge in [0.15, 0.2) is 0 Å². The predicted octanol–water partition coefficient (Wildman–Crippen LogP) is 3.88. The van der Waals surface area contributed by atoms with Crippen LogP contribution in [0.15, 0.2) is 46.9 Å². The second kappa shape index (κ2) is 5.84. The Morgan fingerprint density at radius 3 is 2.58 bits per heavy atom. The number of hydrogen-bond acceptors (Lipinski definition) is 2. The van der Waals surface area contributed by atoms with E-state index in [1.54, 1.807) is 31.3 Å². The molecule has 0 spiro atoms. The first kappa shape index (κ1) is 13.5. The van der Waals surface area contributed by atoms with Gasteiger partial charge in [-0.15, -0.1) is 0 Å². The average molecular weight is 323 g/mol. The van der Waals surface area contributed by atoms with Crippen LogP contribution in [0.1, 0.15) is 10.4 Å². The highest BCUT2D eigenvalue weighted by atomic mass is 79.9. The minimum absolute atomic E-state index is 0.152. The molecule has 2 aromatic carbocycles. The van der Waals surface area contributed by atoms with Crippen LogP contribution < -0.4 is 10.6 Å². The first-order valence-electron chi connectivity index (χ1n) is 5.65. The zero-order valence-corrected chi connectivity index (χ0v) is 11.8. The van der Waals surface area contributed by atoms with Gasteiger partial charge in [-0.1, -0.05) is 28.1 Å². The third kappa shape index (κ3) is 3.12. The summed E-state index contributed by atoms with van der Waals surface area (Å²) >= 11 is 3.17. The van der Waals surface area contributed by atoms with Crippen molar-refractivity contribution in [2.45, 2.75) is 0 Å². The maximum atomic E-state index is 13.6. The third-order valence-corrected chi connectivity index (χ3v) is 3.11. The smallest absolute Gasteiger partial charge is 0.257 e. The van der Waals surface area contributed by atoms with E-state index in [4.69, 9.17) is 0 Å². The molecule has 2 aromatic rings. The molecule has 3 nitrogen and oxygen atoms in total. The molecule has 0 radical (unpaired) electrons. The van der Waals surface area contributed by atoms with Crippen molar-refractivity contribution >= 4 is 33.2 Å². The molecule has 0 unspecified atom stereocenters. The molecule has 5 heteroatoms. The van der Waals surface area contributed by atoms with Crippen molar-refractivity contribution in [2.24, 2.45) is 0 Å². The van der Waals surface area contributed by atoms with Crippen LogP contribution in [0.5, 0.6) is 0 Å². The van der Waals surface area contributed by atoms with E-state index in [1.165, 1.54) is 12.1 Å². The van der Waals surface area contributed by atoms with Gasteiger partial charge in [0.25, 0.3) is 5.91 Å². The number of para-hydroxylation sites is 1. The molecule has 0 heterocycles. The van der Waals surface area contributed by atoms with Crippen LogP contribution in [-0.4, -0.2) is 13.0 Å². The zero-order chi connectivity index (χ0) is 13.8. The highest BCUT2D eigenvalue weighted by molar-refractivity contribution is 9.10. The SMILES string of the molecule is CNc1ccccc1C(=O)Nc1ccc(Br)cc1F. The Labute approximate surface area is 119 Å². The van der Waals surface area contributed by atoms with Crippen molar-refractivity contribution in [3.05, 3.63) is 58.3 Å². The fraction of sp³-hybridized carbons (Fsp3) is 0.0714. The van der Waals surface area contributed by atoms with Gasteiger partial charge in [-0.25, -0.2) is 4.39 Å². The minimum atomic E-state index is -0.482. The molecule has 0 saturated carbocycles. The Balaban J connectivity index is 2.26. The number of carbonyl (C=O) groups excluding carboxylic acids is 1. The van der Waals surface area contributed by atoms with Crippen molar-refractivity contribution in [3.63, 3.8) is 0 Å². The lowest BCUT2D eigenvalue weighted by atomic mass is 10.1. The second-order valence-electron chi connectivity index (χ2n) is 3.87. The van der Waals surface area contributed by atoms with Gasteiger partial charge >= 0.3 is 0 Å². The maximum Gasteiger partial charge on any atom is 0.257 e. The van der Waals surface area contributed by atoms with E-state index in [1.807, 2.05) is 6.07 Å². The summed E-state index contributed by atoms with van der Waals surface area (Å²) in [7, 11) is 1.73. The fourth-order valence-corrected chi connectivity index (χ4v) is 2.01. The van der Waals surface area contributed by atoms with Gasteiger partial charge in [0.2, 0.25) is 0 Å². The molecule has 19 heavy (non-hydrogen) atoms. The molecule has 0 aliphatic rings. The molecule has 0 aliphatic heterocycles. The molecule has 0 saturated heterocycles. The zero-order valence-electron chi connectivity index (χ0n) is 10.2. The van der Waals surface area contributed by atoms with E-state index in [2.05, 4.69) is 26.6 Å². The van der Waals surface area contributed by atoms with Crippen LogP contribution in [-0.2, 0) is 0 Å². The number of rotatable bonds is 3. The number of amides is 1. The Morgan fingerprint density at radius 1 is 1.16 bits per heavy atom. The van der Waals surface area contributed by atoms with Gasteiger partial charge in [-0.2, -0.15) is 0 Å². The Hall–Kier alpha value is -1.88. The summed E-state index contributed by atoms with van der Waals surface area (Å²) in [5.41, 5.74) is 1.31. The van der Waals surface area contributed by atoms with E-state index < -0.39 is 5.82 Å². The molecule has 0 aliphatic carbocycles. The molecule has 0 bridgehead atoms. The number of benzene rings is 2. The molecule has 0 aromatic heterocycles. The van der Waals surface area contributed by atoms with Crippen LogP contribution in [0.25, 0.3) is 0 Å². The van der Waals surface area contributed by atoms with Gasteiger partial charge in [-0.05, 0) is 30.3 Å². The van der Waals surface area contributed by atoms with Crippen molar-refractivity contribution in [3.8, 4) is 0 Å². The second-order valence-corrected chi connectivity index (χ2v) is 4.79. The molecule has 1 amide bonds. The van der Waals surface area contributed by atoms with Crippen molar-refractivity contribution in [1.29, 1.82) is 0 Å². The van der Waals surface area contributed by atoms with Crippen molar-refractivity contribution in [2.75, 3.05) is 17.7 Å². The maximum absolute atomic E-state index is 13.6. The normalized spacial score (nSPS) is 10.1. The van der Waals surface area contributed by atoms with Crippen LogP contribution in [0.4, 0.5) is 15.8 Å². The first-order chi connectivity index (χ1) is 9.11. The fourth-order valence-electron chi connectivity index (χ4n) is 1.68. The monoisotopic (exact) mass is 322 g/mol. The molecule has 0 atom stereocenters. The third-order valence-electron chi connectivity index (χ3n) is 2.62. The summed E-state index contributed by atoms with van der Waals surface area (Å²) < 4.78 is 14.3. The van der Waals surface area contributed by atoms with Crippen LogP contribution in [0.3, 0.4) is 0 Å². The lowest BCUT2D eigenvalue weighted by Crippen LogP contribution is -2.14. The van der Waals surface area contributed by atoms with Gasteiger partial charge < -0.3 is 10.6 Å². The van der Waals surface area contributed by atoms with E-state index in [0.717, 1.165) is 0 Å². The molecule has 0 fully saturated rings. The lowest BCUT2D eigenvalue weighted by molar-refractivity contribution is 0.102. The van der Waals surface area contributed by atoms with Gasteiger partial charge in [0.05, 0.1) is 11.3 Å². The topological polar surface area (TPSA) is 41.1 Å². The van der Waals surface area contributed by atoms with Crippen molar-refractivity contribution < 1.29 is 9.18 Å². The van der Waals surface area contributed by atoms with Gasteiger partial charge in [0, 0.05) is 17.2 Å². The van der Waals surface area contributed by atoms with E-state index in [-0.39, 0.29) is 11.6 Å². The van der Waals surface area contributed by atoms with Crippen LogP contribution in [0.2, 0.25) is 0 Å². The van der Waals surface area contributed by atoms with E-state index >= 15 is 0 Å². The van der Waals surface area contributed by atoms with E-state index in [9.17, 15) is 9.18 Å². The number of nitrogens with one attached hydrogen (secondary N) is 2. The summed E-state index contributed by atoms with van der Waals surface area (Å²) in [6.07, 6.45) is 0. The molecule has 2 rings (SSSR count). The number of hydrogen-bond donors (Lipinski definition) is 2. The van der Waals surface area contributed by atoms with Crippen LogP contribution in [0, 0.1) is 5.82 Å². The predicted molar refractivity (Wildman–Crippen MR) is 78.0 cm³/mol. The highest BCUT2D eigenvalue weighted by Crippen LogP contribution is 2.21. The number of carbonyl (C=O) groups is 1. The highest BCUT2D eigenvalue weighted by Gasteiger charge is 2.12.